The van der Waals surface area contributed by atoms with Crippen LogP contribution in [-0.2, 0) is 6.54 Å². The van der Waals surface area contributed by atoms with Crippen molar-refractivity contribution in [1.82, 2.24) is 15.1 Å². The normalized spacial score (nSPS) is 15.1. The third kappa shape index (κ3) is 5.84. The number of nitro benzene ring substituents is 1. The van der Waals surface area contributed by atoms with Crippen LogP contribution in [0.15, 0.2) is 42.5 Å². The molecule has 8 heteroatoms. The molecule has 7 nitrogen and oxygen atoms in total. The van der Waals surface area contributed by atoms with Gasteiger partial charge in [0.15, 0.2) is 0 Å². The molecule has 2 aromatic carbocycles. The van der Waals surface area contributed by atoms with E-state index in [0.717, 1.165) is 57.8 Å². The Bertz CT molecular complexity index is 883. The predicted molar refractivity (Wildman–Crippen MR) is 113 cm³/mol. The van der Waals surface area contributed by atoms with Crippen molar-refractivity contribution in [2.24, 2.45) is 0 Å². The van der Waals surface area contributed by atoms with Gasteiger partial charge in [0.25, 0.3) is 11.6 Å². The molecule has 1 saturated heterocycles. The molecule has 160 valence electrons. The van der Waals surface area contributed by atoms with Crippen LogP contribution in [0.1, 0.15) is 27.9 Å². The molecule has 0 radical (unpaired) electrons. The number of halogens is 1. The van der Waals surface area contributed by atoms with Gasteiger partial charge in [0, 0.05) is 50.9 Å². The van der Waals surface area contributed by atoms with E-state index < -0.39 is 16.6 Å². The van der Waals surface area contributed by atoms with Crippen molar-refractivity contribution in [2.45, 2.75) is 19.9 Å². The molecule has 1 N–H and O–H groups in total. The van der Waals surface area contributed by atoms with E-state index in [1.807, 2.05) is 6.07 Å². The van der Waals surface area contributed by atoms with Gasteiger partial charge in [-0.3, -0.25) is 19.8 Å². The second-order valence-electron chi connectivity index (χ2n) is 7.57. The fourth-order valence-electron chi connectivity index (χ4n) is 3.60. The molecule has 1 amide bonds. The monoisotopic (exact) mass is 414 g/mol. The third-order valence-electron chi connectivity index (χ3n) is 5.43. The minimum atomic E-state index is -0.747. The summed E-state index contributed by atoms with van der Waals surface area (Å²) in [4.78, 5) is 27.4. The van der Waals surface area contributed by atoms with Crippen LogP contribution in [0.3, 0.4) is 0 Å². The standard InChI is InChI=1S/C22H27FN4O3/c1-17-20(23)14-19(15-21(17)27(29)30)22(28)24-8-5-9-25-10-12-26(13-11-25)16-18-6-3-2-4-7-18/h2-4,6-7,14-15H,5,8-13,16H2,1H3,(H,24,28). The first-order valence-electron chi connectivity index (χ1n) is 10.2. The minimum Gasteiger partial charge on any atom is -0.352 e. The molecule has 0 aliphatic carbocycles. The first kappa shape index (κ1) is 21.9. The maximum atomic E-state index is 13.9. The molecule has 3 rings (SSSR count). The van der Waals surface area contributed by atoms with Crippen molar-refractivity contribution >= 4 is 11.6 Å². The van der Waals surface area contributed by atoms with E-state index in [-0.39, 0.29) is 16.8 Å². The van der Waals surface area contributed by atoms with Crippen molar-refractivity contribution in [1.29, 1.82) is 0 Å². The number of hydrogen-bond acceptors (Lipinski definition) is 5. The highest BCUT2D eigenvalue weighted by Gasteiger charge is 2.20. The van der Waals surface area contributed by atoms with Crippen LogP contribution in [0.2, 0.25) is 0 Å². The molecule has 1 heterocycles. The summed E-state index contributed by atoms with van der Waals surface area (Å²) in [6, 6.07) is 12.6. The van der Waals surface area contributed by atoms with Crippen LogP contribution in [0, 0.1) is 22.9 Å². The summed E-state index contributed by atoms with van der Waals surface area (Å²) in [5.41, 5.74) is 0.845. The average Bonchev–Trinajstić information content (AvgIpc) is 2.74. The summed E-state index contributed by atoms with van der Waals surface area (Å²) < 4.78 is 13.9. The van der Waals surface area contributed by atoms with Crippen molar-refractivity contribution in [2.75, 3.05) is 39.3 Å². The second-order valence-corrected chi connectivity index (χ2v) is 7.57. The number of piperazine rings is 1. The molecule has 1 aliphatic rings. The first-order chi connectivity index (χ1) is 14.4. The summed E-state index contributed by atoms with van der Waals surface area (Å²) in [5.74, 6) is -1.24. The van der Waals surface area contributed by atoms with Crippen molar-refractivity contribution in [3.05, 3.63) is 75.1 Å². The molecule has 0 atom stereocenters. The maximum Gasteiger partial charge on any atom is 0.276 e. The highest BCUT2D eigenvalue weighted by molar-refractivity contribution is 5.95. The van der Waals surface area contributed by atoms with Crippen LogP contribution in [0.4, 0.5) is 10.1 Å². The van der Waals surface area contributed by atoms with Crippen LogP contribution >= 0.6 is 0 Å². The van der Waals surface area contributed by atoms with Gasteiger partial charge in [-0.05, 0) is 31.5 Å². The summed E-state index contributed by atoms with van der Waals surface area (Å²) in [6.45, 7) is 7.57. The van der Waals surface area contributed by atoms with Crippen molar-refractivity contribution in [3.63, 3.8) is 0 Å². The van der Waals surface area contributed by atoms with Crippen LogP contribution < -0.4 is 5.32 Å². The fourth-order valence-corrected chi connectivity index (χ4v) is 3.60. The Morgan fingerprint density at radius 1 is 1.13 bits per heavy atom. The molecule has 1 fully saturated rings. The van der Waals surface area contributed by atoms with Gasteiger partial charge in [0.05, 0.1) is 10.5 Å². The van der Waals surface area contributed by atoms with Crippen LogP contribution in [0.5, 0.6) is 0 Å². The molecule has 0 spiro atoms. The first-order valence-corrected chi connectivity index (χ1v) is 10.2. The van der Waals surface area contributed by atoms with Gasteiger partial charge in [-0.25, -0.2) is 4.39 Å². The lowest BCUT2D eigenvalue weighted by Gasteiger charge is -2.34. The highest BCUT2D eigenvalue weighted by Crippen LogP contribution is 2.22. The molecule has 0 saturated carbocycles. The lowest BCUT2D eigenvalue weighted by Crippen LogP contribution is -2.46. The molecular formula is C22H27FN4O3. The van der Waals surface area contributed by atoms with Gasteiger partial charge in [-0.2, -0.15) is 0 Å². The minimum absolute atomic E-state index is 0.0284. The zero-order chi connectivity index (χ0) is 21.5. The van der Waals surface area contributed by atoms with Crippen LogP contribution in [-0.4, -0.2) is 59.9 Å². The molecule has 1 aliphatic heterocycles. The predicted octanol–water partition coefficient (Wildman–Crippen LogP) is 2.98. The summed E-state index contributed by atoms with van der Waals surface area (Å²) in [5, 5.41) is 13.7. The van der Waals surface area contributed by atoms with Crippen LogP contribution in [0.25, 0.3) is 0 Å². The lowest BCUT2D eigenvalue weighted by molar-refractivity contribution is -0.385. The van der Waals surface area contributed by atoms with E-state index in [1.54, 1.807) is 0 Å². The summed E-state index contributed by atoms with van der Waals surface area (Å²) in [7, 11) is 0. The van der Waals surface area contributed by atoms with E-state index in [2.05, 4.69) is 39.4 Å². The Morgan fingerprint density at radius 2 is 1.80 bits per heavy atom. The van der Waals surface area contributed by atoms with E-state index in [0.29, 0.717) is 6.54 Å². The third-order valence-corrected chi connectivity index (χ3v) is 5.43. The Balaban J connectivity index is 1.38. The zero-order valence-electron chi connectivity index (χ0n) is 17.1. The fraction of sp³-hybridized carbons (Fsp3) is 0.409. The Morgan fingerprint density at radius 3 is 2.47 bits per heavy atom. The summed E-state index contributed by atoms with van der Waals surface area (Å²) >= 11 is 0. The largest absolute Gasteiger partial charge is 0.352 e. The number of nitrogens with one attached hydrogen (secondary N) is 1. The summed E-state index contributed by atoms with van der Waals surface area (Å²) in [6.07, 6.45) is 0.765. The Kier molecular flexibility index (Phi) is 7.48. The number of carbonyl (C=O) groups is 1. The Labute approximate surface area is 175 Å². The van der Waals surface area contributed by atoms with Gasteiger partial charge in [0.1, 0.15) is 5.82 Å². The number of amides is 1. The number of benzene rings is 2. The van der Waals surface area contributed by atoms with E-state index in [1.165, 1.54) is 12.5 Å². The van der Waals surface area contributed by atoms with Crippen molar-refractivity contribution < 1.29 is 14.1 Å². The number of hydrogen-bond donors (Lipinski definition) is 1. The topological polar surface area (TPSA) is 78.7 Å². The zero-order valence-corrected chi connectivity index (χ0v) is 17.1. The number of nitrogens with zero attached hydrogens (tertiary/aromatic N) is 3. The molecular weight excluding hydrogens is 387 g/mol. The van der Waals surface area contributed by atoms with E-state index in [4.69, 9.17) is 0 Å². The second kappa shape index (κ2) is 10.3. The van der Waals surface area contributed by atoms with Crippen molar-refractivity contribution in [3.8, 4) is 0 Å². The van der Waals surface area contributed by atoms with Gasteiger partial charge in [0.2, 0.25) is 0 Å². The molecule has 0 aromatic heterocycles. The van der Waals surface area contributed by atoms with E-state index in [9.17, 15) is 19.3 Å². The lowest BCUT2D eigenvalue weighted by atomic mass is 10.1. The van der Waals surface area contributed by atoms with Gasteiger partial charge >= 0.3 is 0 Å². The number of carbonyl (C=O) groups excluding carboxylic acids is 1. The highest BCUT2D eigenvalue weighted by atomic mass is 19.1. The number of nitro groups is 1. The average molecular weight is 414 g/mol. The molecule has 2 aromatic rings. The Hall–Kier alpha value is -2.84. The van der Waals surface area contributed by atoms with E-state index >= 15 is 0 Å². The van der Waals surface area contributed by atoms with Gasteiger partial charge in [-0.1, -0.05) is 30.3 Å². The molecule has 30 heavy (non-hydrogen) atoms. The number of rotatable bonds is 8. The SMILES string of the molecule is Cc1c(F)cc(C(=O)NCCCN2CCN(Cc3ccccc3)CC2)cc1[N+](=O)[O-]. The molecule has 0 unspecified atom stereocenters. The molecule has 0 bridgehead atoms. The quantitative estimate of drug-likeness (QED) is 0.408. The van der Waals surface area contributed by atoms with Gasteiger partial charge < -0.3 is 10.2 Å². The smallest absolute Gasteiger partial charge is 0.276 e. The van der Waals surface area contributed by atoms with Gasteiger partial charge in [-0.15, -0.1) is 0 Å². The maximum absolute atomic E-state index is 13.9.